The lowest BCUT2D eigenvalue weighted by Gasteiger charge is -2.18. The summed E-state index contributed by atoms with van der Waals surface area (Å²) in [5.74, 6) is 1.17. The molecule has 1 aromatic rings. The zero-order valence-corrected chi connectivity index (χ0v) is 12.5. The molecule has 2 unspecified atom stereocenters. The van der Waals surface area contributed by atoms with E-state index >= 15 is 0 Å². The Balaban J connectivity index is 2.00. The zero-order valence-electron chi connectivity index (χ0n) is 10.9. The SMILES string of the molecule is CC(CO)CSC1CCN(c2ccccc2Cl)C1=O. The van der Waals surface area contributed by atoms with Gasteiger partial charge in [0, 0.05) is 13.2 Å². The van der Waals surface area contributed by atoms with E-state index in [0.717, 1.165) is 17.9 Å². The average Bonchev–Trinajstić information content (AvgIpc) is 2.78. The normalized spacial score (nSPS) is 20.9. The first-order valence-electron chi connectivity index (χ1n) is 6.42. The largest absolute Gasteiger partial charge is 0.396 e. The zero-order chi connectivity index (χ0) is 13.8. The van der Waals surface area contributed by atoms with Crippen LogP contribution in [0.15, 0.2) is 24.3 Å². The standard InChI is InChI=1S/C14H18ClNO2S/c1-10(8-17)9-19-13-6-7-16(14(13)18)12-5-3-2-4-11(12)15/h2-5,10,13,17H,6-9H2,1H3. The molecule has 1 aromatic carbocycles. The van der Waals surface area contributed by atoms with Gasteiger partial charge in [-0.25, -0.2) is 0 Å². The van der Waals surface area contributed by atoms with Crippen molar-refractivity contribution in [2.45, 2.75) is 18.6 Å². The maximum absolute atomic E-state index is 12.3. The smallest absolute Gasteiger partial charge is 0.240 e. The van der Waals surface area contributed by atoms with Gasteiger partial charge in [0.05, 0.1) is 16.0 Å². The van der Waals surface area contributed by atoms with Crippen LogP contribution in [-0.2, 0) is 4.79 Å². The molecule has 1 N–H and O–H groups in total. The van der Waals surface area contributed by atoms with Crippen molar-refractivity contribution in [1.82, 2.24) is 0 Å². The Morgan fingerprint density at radius 2 is 2.26 bits per heavy atom. The molecule has 1 saturated heterocycles. The lowest BCUT2D eigenvalue weighted by Crippen LogP contribution is -2.28. The van der Waals surface area contributed by atoms with Gasteiger partial charge in [-0.15, -0.1) is 11.8 Å². The maximum atomic E-state index is 12.3. The first-order valence-corrected chi connectivity index (χ1v) is 7.84. The summed E-state index contributed by atoms with van der Waals surface area (Å²) in [7, 11) is 0. The number of carbonyl (C=O) groups excluding carboxylic acids is 1. The second-order valence-electron chi connectivity index (χ2n) is 4.84. The first-order chi connectivity index (χ1) is 9.13. The lowest BCUT2D eigenvalue weighted by atomic mass is 10.2. The van der Waals surface area contributed by atoms with Crippen LogP contribution in [0.1, 0.15) is 13.3 Å². The minimum atomic E-state index is -0.00901. The van der Waals surface area contributed by atoms with Crippen molar-refractivity contribution in [3.05, 3.63) is 29.3 Å². The molecule has 1 amide bonds. The van der Waals surface area contributed by atoms with E-state index in [4.69, 9.17) is 16.7 Å². The fourth-order valence-electron chi connectivity index (χ4n) is 2.05. The molecule has 0 bridgehead atoms. The summed E-state index contributed by atoms with van der Waals surface area (Å²) in [6.07, 6.45) is 0.840. The predicted molar refractivity (Wildman–Crippen MR) is 80.9 cm³/mol. The van der Waals surface area contributed by atoms with Crippen LogP contribution in [0.3, 0.4) is 0 Å². The minimum absolute atomic E-state index is 0.00901. The molecule has 0 saturated carbocycles. The Hall–Kier alpha value is -0.710. The van der Waals surface area contributed by atoms with Crippen molar-refractivity contribution in [1.29, 1.82) is 0 Å². The molecule has 0 spiro atoms. The first kappa shape index (κ1) is 14.7. The van der Waals surface area contributed by atoms with Crippen molar-refractivity contribution in [3.8, 4) is 0 Å². The monoisotopic (exact) mass is 299 g/mol. The van der Waals surface area contributed by atoms with E-state index in [-0.39, 0.29) is 23.7 Å². The van der Waals surface area contributed by atoms with Crippen molar-refractivity contribution in [2.24, 2.45) is 5.92 Å². The van der Waals surface area contributed by atoms with Crippen LogP contribution in [0.2, 0.25) is 5.02 Å². The van der Waals surface area contributed by atoms with E-state index in [1.807, 2.05) is 25.1 Å². The third kappa shape index (κ3) is 3.44. The minimum Gasteiger partial charge on any atom is -0.396 e. The van der Waals surface area contributed by atoms with Crippen molar-refractivity contribution in [2.75, 3.05) is 23.8 Å². The van der Waals surface area contributed by atoms with Gasteiger partial charge in [0.1, 0.15) is 0 Å². The summed E-state index contributed by atoms with van der Waals surface area (Å²) in [5.41, 5.74) is 0.799. The summed E-state index contributed by atoms with van der Waals surface area (Å²) in [5, 5.41) is 9.62. The number of rotatable bonds is 5. The van der Waals surface area contributed by atoms with E-state index in [9.17, 15) is 4.79 Å². The molecule has 3 nitrogen and oxygen atoms in total. The van der Waals surface area contributed by atoms with Gasteiger partial charge in [-0.1, -0.05) is 30.7 Å². The van der Waals surface area contributed by atoms with Crippen LogP contribution in [0.25, 0.3) is 0 Å². The van der Waals surface area contributed by atoms with Gasteiger partial charge in [0.25, 0.3) is 0 Å². The van der Waals surface area contributed by atoms with Crippen LogP contribution in [0.4, 0.5) is 5.69 Å². The summed E-state index contributed by atoms with van der Waals surface area (Å²) < 4.78 is 0. The van der Waals surface area contributed by atoms with Crippen molar-refractivity contribution < 1.29 is 9.90 Å². The fraction of sp³-hybridized carbons (Fsp3) is 0.500. The topological polar surface area (TPSA) is 40.5 Å². The Labute approximate surface area is 122 Å². The third-order valence-corrected chi connectivity index (χ3v) is 5.11. The number of amides is 1. The molecule has 1 fully saturated rings. The Bertz CT molecular complexity index is 455. The van der Waals surface area contributed by atoms with E-state index in [1.165, 1.54) is 0 Å². The highest BCUT2D eigenvalue weighted by Crippen LogP contribution is 2.33. The molecule has 19 heavy (non-hydrogen) atoms. The van der Waals surface area contributed by atoms with Crippen molar-refractivity contribution >= 4 is 35.0 Å². The molecule has 1 aliphatic rings. The second-order valence-corrected chi connectivity index (χ2v) is 6.48. The predicted octanol–water partition coefficient (Wildman–Crippen LogP) is 2.81. The van der Waals surface area contributed by atoms with Crippen LogP contribution in [0.5, 0.6) is 0 Å². The van der Waals surface area contributed by atoms with Crippen LogP contribution in [0, 0.1) is 5.92 Å². The van der Waals surface area contributed by atoms with Gasteiger partial charge in [0.2, 0.25) is 5.91 Å². The number of anilines is 1. The molecule has 2 rings (SSSR count). The van der Waals surface area contributed by atoms with Gasteiger partial charge in [0.15, 0.2) is 0 Å². The van der Waals surface area contributed by atoms with Gasteiger partial charge >= 0.3 is 0 Å². The number of thioether (sulfide) groups is 1. The van der Waals surface area contributed by atoms with Gasteiger partial charge in [-0.05, 0) is 30.2 Å². The Morgan fingerprint density at radius 3 is 2.95 bits per heavy atom. The Morgan fingerprint density at radius 1 is 1.53 bits per heavy atom. The molecule has 5 heteroatoms. The lowest BCUT2D eigenvalue weighted by molar-refractivity contribution is -0.116. The van der Waals surface area contributed by atoms with E-state index < -0.39 is 0 Å². The number of para-hydroxylation sites is 1. The van der Waals surface area contributed by atoms with Crippen LogP contribution >= 0.6 is 23.4 Å². The van der Waals surface area contributed by atoms with E-state index in [2.05, 4.69) is 0 Å². The highest BCUT2D eigenvalue weighted by Gasteiger charge is 2.33. The van der Waals surface area contributed by atoms with Gasteiger partial charge < -0.3 is 10.0 Å². The molecule has 104 valence electrons. The highest BCUT2D eigenvalue weighted by atomic mass is 35.5. The molecule has 0 aliphatic carbocycles. The van der Waals surface area contributed by atoms with Gasteiger partial charge in [-0.3, -0.25) is 4.79 Å². The number of carbonyl (C=O) groups is 1. The quantitative estimate of drug-likeness (QED) is 0.909. The number of nitrogens with zero attached hydrogens (tertiary/aromatic N) is 1. The molecule has 1 heterocycles. The number of halogens is 1. The number of aliphatic hydroxyl groups excluding tert-OH is 1. The molecular weight excluding hydrogens is 282 g/mol. The maximum Gasteiger partial charge on any atom is 0.240 e. The number of aliphatic hydroxyl groups is 1. The van der Waals surface area contributed by atoms with E-state index in [1.54, 1.807) is 22.7 Å². The molecule has 0 radical (unpaired) electrons. The molecule has 1 aliphatic heterocycles. The number of hydrogen-bond acceptors (Lipinski definition) is 3. The second kappa shape index (κ2) is 6.64. The molecular formula is C14H18ClNO2S. The summed E-state index contributed by atoms with van der Waals surface area (Å²) in [6, 6.07) is 7.44. The number of hydrogen-bond donors (Lipinski definition) is 1. The molecule has 0 aromatic heterocycles. The third-order valence-electron chi connectivity index (χ3n) is 3.19. The van der Waals surface area contributed by atoms with Crippen molar-refractivity contribution in [3.63, 3.8) is 0 Å². The van der Waals surface area contributed by atoms with Crippen LogP contribution in [-0.4, -0.2) is 35.2 Å². The van der Waals surface area contributed by atoms with Gasteiger partial charge in [-0.2, -0.15) is 0 Å². The fourth-order valence-corrected chi connectivity index (χ4v) is 3.50. The summed E-state index contributed by atoms with van der Waals surface area (Å²) in [6.45, 7) is 2.87. The van der Waals surface area contributed by atoms with Crippen LogP contribution < -0.4 is 4.90 Å². The highest BCUT2D eigenvalue weighted by molar-refractivity contribution is 8.00. The van der Waals surface area contributed by atoms with E-state index in [0.29, 0.717) is 11.6 Å². The molecule has 2 atom stereocenters. The number of benzene rings is 1. The average molecular weight is 300 g/mol. The summed E-state index contributed by atoms with van der Waals surface area (Å²) >= 11 is 7.77. The Kier molecular flexibility index (Phi) is 5.13. The summed E-state index contributed by atoms with van der Waals surface area (Å²) in [4.78, 5) is 14.1.